The predicted octanol–water partition coefficient (Wildman–Crippen LogP) is -2.07. The van der Waals surface area contributed by atoms with Crippen molar-refractivity contribution in [2.45, 2.75) is 44.8 Å². The molecule has 0 spiro atoms. The highest BCUT2D eigenvalue weighted by Gasteiger charge is 2.26. The van der Waals surface area contributed by atoms with Crippen molar-refractivity contribution in [3.63, 3.8) is 0 Å². The van der Waals surface area contributed by atoms with Crippen molar-refractivity contribution in [2.75, 3.05) is 12.3 Å². The molecule has 0 saturated carbocycles. The van der Waals surface area contributed by atoms with E-state index in [-0.39, 0.29) is 18.1 Å². The molecule has 27 heavy (non-hydrogen) atoms. The van der Waals surface area contributed by atoms with Gasteiger partial charge in [-0.2, -0.15) is 12.6 Å². The molecule has 0 bridgehead atoms. The van der Waals surface area contributed by atoms with Crippen LogP contribution in [0.5, 0.6) is 0 Å². The SMILES string of the molecule is CC(C)CC(NC(=O)C(CS)NC(=O)CNC(=O)C(N)CC(=O)O)C(=O)O. The van der Waals surface area contributed by atoms with Crippen molar-refractivity contribution in [3.05, 3.63) is 0 Å². The number of nitrogens with one attached hydrogen (secondary N) is 3. The summed E-state index contributed by atoms with van der Waals surface area (Å²) in [5.74, 6) is -4.82. The van der Waals surface area contributed by atoms with E-state index in [1.807, 2.05) is 0 Å². The van der Waals surface area contributed by atoms with Gasteiger partial charge in [-0.1, -0.05) is 13.8 Å². The molecule has 3 atom stereocenters. The minimum absolute atomic E-state index is 0.0284. The van der Waals surface area contributed by atoms with Crippen molar-refractivity contribution in [2.24, 2.45) is 11.7 Å². The van der Waals surface area contributed by atoms with Gasteiger partial charge in [-0.05, 0) is 12.3 Å². The predicted molar refractivity (Wildman–Crippen MR) is 98.0 cm³/mol. The third-order valence-electron chi connectivity index (χ3n) is 3.31. The number of hydrogen-bond acceptors (Lipinski definition) is 7. The van der Waals surface area contributed by atoms with Crippen LogP contribution in [0.15, 0.2) is 0 Å². The first-order chi connectivity index (χ1) is 12.5. The maximum atomic E-state index is 12.2. The van der Waals surface area contributed by atoms with Gasteiger partial charge in [0.25, 0.3) is 0 Å². The highest BCUT2D eigenvalue weighted by Crippen LogP contribution is 2.05. The second-order valence-corrected chi connectivity index (χ2v) is 6.62. The lowest BCUT2D eigenvalue weighted by Crippen LogP contribution is -2.54. The van der Waals surface area contributed by atoms with Gasteiger partial charge in [-0.3, -0.25) is 19.2 Å². The van der Waals surface area contributed by atoms with Crippen molar-refractivity contribution in [3.8, 4) is 0 Å². The summed E-state index contributed by atoms with van der Waals surface area (Å²) in [6, 6.07) is -3.53. The number of rotatable bonds is 12. The van der Waals surface area contributed by atoms with Crippen LogP contribution in [0.3, 0.4) is 0 Å². The van der Waals surface area contributed by atoms with E-state index in [1.54, 1.807) is 13.8 Å². The van der Waals surface area contributed by atoms with E-state index in [2.05, 4.69) is 28.6 Å². The van der Waals surface area contributed by atoms with E-state index in [9.17, 15) is 24.0 Å². The minimum Gasteiger partial charge on any atom is -0.481 e. The molecule has 3 amide bonds. The Balaban J connectivity index is 4.61. The Morgan fingerprint density at radius 3 is 2.04 bits per heavy atom. The molecule has 0 heterocycles. The first-order valence-electron chi connectivity index (χ1n) is 8.16. The third-order valence-corrected chi connectivity index (χ3v) is 3.68. The van der Waals surface area contributed by atoms with Crippen LogP contribution in [0.25, 0.3) is 0 Å². The average Bonchev–Trinajstić information content (AvgIpc) is 2.55. The number of amides is 3. The Bertz CT molecular complexity index is 570. The molecule has 0 radical (unpaired) electrons. The molecule has 7 N–H and O–H groups in total. The van der Waals surface area contributed by atoms with Crippen LogP contribution in [-0.4, -0.2) is 70.3 Å². The molecule has 154 valence electrons. The Labute approximate surface area is 161 Å². The molecule has 0 rings (SSSR count). The van der Waals surface area contributed by atoms with Crippen molar-refractivity contribution >= 4 is 42.3 Å². The first kappa shape index (κ1) is 24.7. The standard InChI is InChI=1S/C15H26N4O7S/c1-7(2)3-9(15(25)26)19-14(24)10(6-27)18-11(20)5-17-13(23)8(16)4-12(21)22/h7-10,27H,3-6,16H2,1-2H3,(H,17,23)(H,18,20)(H,19,24)(H,21,22)(H,25,26). The quantitative estimate of drug-likeness (QED) is 0.180. The smallest absolute Gasteiger partial charge is 0.326 e. The Hall–Kier alpha value is -2.34. The maximum absolute atomic E-state index is 12.2. The molecular formula is C15H26N4O7S. The molecule has 0 aromatic rings. The van der Waals surface area contributed by atoms with E-state index in [0.717, 1.165) is 0 Å². The van der Waals surface area contributed by atoms with E-state index in [0.29, 0.717) is 0 Å². The fraction of sp³-hybridized carbons (Fsp3) is 0.667. The van der Waals surface area contributed by atoms with Gasteiger partial charge in [0.15, 0.2) is 0 Å². The summed E-state index contributed by atoms with van der Waals surface area (Å²) in [7, 11) is 0. The highest BCUT2D eigenvalue weighted by molar-refractivity contribution is 7.80. The third kappa shape index (κ3) is 10.4. The highest BCUT2D eigenvalue weighted by atomic mass is 32.1. The zero-order valence-corrected chi connectivity index (χ0v) is 16.0. The topological polar surface area (TPSA) is 188 Å². The van der Waals surface area contributed by atoms with Gasteiger partial charge in [0.05, 0.1) is 19.0 Å². The van der Waals surface area contributed by atoms with E-state index < -0.39 is 60.8 Å². The molecule has 3 unspecified atom stereocenters. The number of aliphatic carboxylic acids is 2. The molecule has 0 saturated heterocycles. The summed E-state index contributed by atoms with van der Waals surface area (Å²) < 4.78 is 0. The van der Waals surface area contributed by atoms with Crippen LogP contribution in [0.2, 0.25) is 0 Å². The number of thiol groups is 1. The van der Waals surface area contributed by atoms with E-state index in [1.165, 1.54) is 0 Å². The zero-order chi connectivity index (χ0) is 21.1. The van der Waals surface area contributed by atoms with Gasteiger partial charge in [0, 0.05) is 5.75 Å². The Kier molecular flexibility index (Phi) is 11.1. The average molecular weight is 406 g/mol. The second-order valence-electron chi connectivity index (χ2n) is 6.25. The van der Waals surface area contributed by atoms with Gasteiger partial charge in [0.1, 0.15) is 12.1 Å². The van der Waals surface area contributed by atoms with Crippen LogP contribution >= 0.6 is 12.6 Å². The summed E-state index contributed by atoms with van der Waals surface area (Å²) in [6.45, 7) is 3.08. The van der Waals surface area contributed by atoms with Crippen LogP contribution in [0.4, 0.5) is 0 Å². The molecule has 0 aliphatic heterocycles. The lowest BCUT2D eigenvalue weighted by molar-refractivity contribution is -0.142. The lowest BCUT2D eigenvalue weighted by atomic mass is 10.0. The number of carboxylic acids is 2. The number of carboxylic acid groups (broad SMARTS) is 2. The van der Waals surface area contributed by atoms with E-state index >= 15 is 0 Å². The van der Waals surface area contributed by atoms with Crippen molar-refractivity contribution in [1.29, 1.82) is 0 Å². The molecule has 0 aliphatic carbocycles. The fourth-order valence-electron chi connectivity index (χ4n) is 1.98. The fourth-order valence-corrected chi connectivity index (χ4v) is 2.24. The number of carbonyl (C=O) groups excluding carboxylic acids is 3. The summed E-state index contributed by atoms with van der Waals surface area (Å²) >= 11 is 3.96. The van der Waals surface area contributed by atoms with Gasteiger partial charge in [0.2, 0.25) is 17.7 Å². The summed E-state index contributed by atoms with van der Waals surface area (Å²) in [5.41, 5.74) is 5.35. The van der Waals surface area contributed by atoms with Crippen LogP contribution in [0.1, 0.15) is 26.7 Å². The van der Waals surface area contributed by atoms with Crippen LogP contribution in [-0.2, 0) is 24.0 Å². The molecule has 0 aromatic heterocycles. The largest absolute Gasteiger partial charge is 0.481 e. The van der Waals surface area contributed by atoms with Crippen LogP contribution in [0, 0.1) is 5.92 Å². The summed E-state index contributed by atoms with van der Waals surface area (Å²) in [4.78, 5) is 57.2. The summed E-state index contributed by atoms with van der Waals surface area (Å²) in [6.07, 6.45) is -0.382. The maximum Gasteiger partial charge on any atom is 0.326 e. The Morgan fingerprint density at radius 1 is 1.00 bits per heavy atom. The van der Waals surface area contributed by atoms with Gasteiger partial charge in [-0.15, -0.1) is 0 Å². The van der Waals surface area contributed by atoms with Gasteiger partial charge >= 0.3 is 11.9 Å². The lowest BCUT2D eigenvalue weighted by Gasteiger charge is -2.21. The van der Waals surface area contributed by atoms with Crippen molar-refractivity contribution < 1.29 is 34.2 Å². The normalized spacial score (nSPS) is 14.0. The molecule has 11 nitrogen and oxygen atoms in total. The number of hydrogen-bond donors (Lipinski definition) is 7. The second kappa shape index (κ2) is 12.1. The van der Waals surface area contributed by atoms with Crippen LogP contribution < -0.4 is 21.7 Å². The molecule has 0 aromatic carbocycles. The first-order valence-corrected chi connectivity index (χ1v) is 8.79. The monoisotopic (exact) mass is 406 g/mol. The molecular weight excluding hydrogens is 380 g/mol. The van der Waals surface area contributed by atoms with Crippen molar-refractivity contribution in [1.82, 2.24) is 16.0 Å². The molecule has 12 heteroatoms. The van der Waals surface area contributed by atoms with Gasteiger partial charge < -0.3 is 31.9 Å². The van der Waals surface area contributed by atoms with E-state index in [4.69, 9.17) is 15.9 Å². The molecule has 0 aliphatic rings. The summed E-state index contributed by atoms with van der Waals surface area (Å²) in [5, 5.41) is 24.5. The minimum atomic E-state index is -1.31. The zero-order valence-electron chi connectivity index (χ0n) is 15.1. The van der Waals surface area contributed by atoms with Gasteiger partial charge in [-0.25, -0.2) is 4.79 Å². The Morgan fingerprint density at radius 2 is 1.59 bits per heavy atom. The molecule has 0 fully saturated rings. The number of nitrogens with two attached hydrogens (primary N) is 1. The number of carbonyl (C=O) groups is 5.